The smallest absolute Gasteiger partial charge is 0.126 e. The van der Waals surface area contributed by atoms with Crippen LogP contribution in [0.1, 0.15) is 24.3 Å². The molecule has 1 aromatic carbocycles. The van der Waals surface area contributed by atoms with Gasteiger partial charge in [0.05, 0.1) is 0 Å². The van der Waals surface area contributed by atoms with E-state index in [1.165, 1.54) is 6.07 Å². The van der Waals surface area contributed by atoms with E-state index < -0.39 is 0 Å². The van der Waals surface area contributed by atoms with Gasteiger partial charge in [-0.25, -0.2) is 4.39 Å². The summed E-state index contributed by atoms with van der Waals surface area (Å²) >= 11 is 0. The molecule has 16 heavy (non-hydrogen) atoms. The fourth-order valence-electron chi connectivity index (χ4n) is 2.57. The van der Waals surface area contributed by atoms with Gasteiger partial charge in [0.2, 0.25) is 0 Å². The predicted molar refractivity (Wildman–Crippen MR) is 63.8 cm³/mol. The van der Waals surface area contributed by atoms with Crippen molar-refractivity contribution >= 4 is 0 Å². The Bertz CT molecular complexity index is 334. The summed E-state index contributed by atoms with van der Waals surface area (Å²) in [6.07, 6.45) is 2.30. The van der Waals surface area contributed by atoms with E-state index in [1.807, 2.05) is 12.1 Å². The number of nitrogens with two attached hydrogens (primary N) is 1. The van der Waals surface area contributed by atoms with Crippen LogP contribution in [0.3, 0.4) is 0 Å². The molecule has 1 fully saturated rings. The summed E-state index contributed by atoms with van der Waals surface area (Å²) < 4.78 is 13.7. The second-order valence-electron chi connectivity index (χ2n) is 4.47. The average Bonchev–Trinajstić information content (AvgIpc) is 2.34. The van der Waals surface area contributed by atoms with E-state index in [4.69, 9.17) is 5.73 Å². The molecule has 2 nitrogen and oxygen atoms in total. The highest BCUT2D eigenvalue weighted by Crippen LogP contribution is 2.30. The Balaban J connectivity index is 2.18. The van der Waals surface area contributed by atoms with Crippen LogP contribution in [-0.4, -0.2) is 19.6 Å². The maximum Gasteiger partial charge on any atom is 0.126 e. The molecule has 0 bridgehead atoms. The van der Waals surface area contributed by atoms with Crippen molar-refractivity contribution in [1.29, 1.82) is 0 Å². The summed E-state index contributed by atoms with van der Waals surface area (Å²) in [6, 6.07) is 7.00. The summed E-state index contributed by atoms with van der Waals surface area (Å²) in [4.78, 5) is 0. The molecule has 2 rings (SSSR count). The fraction of sp³-hybridized carbons (Fsp3) is 0.538. The molecule has 0 aliphatic carbocycles. The predicted octanol–water partition coefficient (Wildman–Crippen LogP) is 1.87. The second-order valence-corrected chi connectivity index (χ2v) is 4.47. The molecule has 1 heterocycles. The highest BCUT2D eigenvalue weighted by molar-refractivity contribution is 5.23. The van der Waals surface area contributed by atoms with Crippen molar-refractivity contribution in [3.8, 4) is 0 Å². The van der Waals surface area contributed by atoms with Crippen LogP contribution >= 0.6 is 0 Å². The zero-order valence-electron chi connectivity index (χ0n) is 9.45. The van der Waals surface area contributed by atoms with Gasteiger partial charge in [-0.2, -0.15) is 0 Å². The van der Waals surface area contributed by atoms with Gasteiger partial charge < -0.3 is 11.1 Å². The number of halogens is 1. The first kappa shape index (κ1) is 11.6. The Morgan fingerprint density at radius 2 is 2.25 bits per heavy atom. The van der Waals surface area contributed by atoms with Gasteiger partial charge in [0.1, 0.15) is 5.82 Å². The number of hydrogen-bond donors (Lipinski definition) is 2. The number of piperidine rings is 1. The van der Waals surface area contributed by atoms with Gasteiger partial charge in [-0.05, 0) is 50.0 Å². The minimum absolute atomic E-state index is 0.122. The molecule has 0 spiro atoms. The standard InChI is InChI=1S/C13H19FN2/c14-13-6-2-1-5-11(13)12(8-15)10-4-3-7-16-9-10/h1-2,5-6,10,12,16H,3-4,7-9,15H2. The Morgan fingerprint density at radius 1 is 1.44 bits per heavy atom. The zero-order chi connectivity index (χ0) is 11.4. The SMILES string of the molecule is NCC(c1ccccc1F)C1CCCNC1. The molecule has 2 atom stereocenters. The van der Waals surface area contributed by atoms with E-state index in [-0.39, 0.29) is 11.7 Å². The lowest BCUT2D eigenvalue weighted by molar-refractivity contribution is 0.320. The molecule has 3 heteroatoms. The van der Waals surface area contributed by atoms with Gasteiger partial charge in [-0.1, -0.05) is 18.2 Å². The molecule has 0 amide bonds. The minimum atomic E-state index is -0.122. The topological polar surface area (TPSA) is 38.0 Å². The first-order chi connectivity index (χ1) is 7.83. The molecule has 0 saturated carbocycles. The van der Waals surface area contributed by atoms with Crippen LogP contribution in [0.2, 0.25) is 0 Å². The normalized spacial score (nSPS) is 23.0. The Hall–Kier alpha value is -0.930. The maximum atomic E-state index is 13.7. The van der Waals surface area contributed by atoms with E-state index >= 15 is 0 Å². The molecular formula is C13H19FN2. The van der Waals surface area contributed by atoms with E-state index in [9.17, 15) is 4.39 Å². The lowest BCUT2D eigenvalue weighted by Gasteiger charge is -2.30. The third-order valence-corrected chi connectivity index (χ3v) is 3.46. The van der Waals surface area contributed by atoms with Crippen LogP contribution in [0.4, 0.5) is 4.39 Å². The summed E-state index contributed by atoms with van der Waals surface area (Å²) in [5, 5.41) is 3.36. The first-order valence-corrected chi connectivity index (χ1v) is 5.98. The summed E-state index contributed by atoms with van der Waals surface area (Å²) in [5.74, 6) is 0.494. The van der Waals surface area contributed by atoms with Crippen molar-refractivity contribution in [3.63, 3.8) is 0 Å². The molecule has 1 aliphatic heterocycles. The average molecular weight is 222 g/mol. The van der Waals surface area contributed by atoms with Crippen LogP contribution < -0.4 is 11.1 Å². The van der Waals surface area contributed by atoms with E-state index in [1.54, 1.807) is 6.07 Å². The van der Waals surface area contributed by atoms with Crippen molar-refractivity contribution in [2.75, 3.05) is 19.6 Å². The molecule has 1 saturated heterocycles. The first-order valence-electron chi connectivity index (χ1n) is 5.98. The second kappa shape index (κ2) is 5.41. The lowest BCUT2D eigenvalue weighted by Crippen LogP contribution is -2.36. The van der Waals surface area contributed by atoms with Crippen molar-refractivity contribution in [2.24, 2.45) is 11.7 Å². The zero-order valence-corrected chi connectivity index (χ0v) is 9.45. The van der Waals surface area contributed by atoms with E-state index in [0.717, 1.165) is 31.5 Å². The highest BCUT2D eigenvalue weighted by Gasteiger charge is 2.25. The van der Waals surface area contributed by atoms with Gasteiger partial charge in [-0.15, -0.1) is 0 Å². The number of hydrogen-bond acceptors (Lipinski definition) is 2. The van der Waals surface area contributed by atoms with E-state index in [2.05, 4.69) is 5.32 Å². The van der Waals surface area contributed by atoms with Gasteiger partial charge in [0.15, 0.2) is 0 Å². The van der Waals surface area contributed by atoms with Crippen LogP contribution in [0.15, 0.2) is 24.3 Å². The number of rotatable bonds is 3. The van der Waals surface area contributed by atoms with Gasteiger partial charge in [0.25, 0.3) is 0 Å². The van der Waals surface area contributed by atoms with Crippen molar-refractivity contribution in [2.45, 2.75) is 18.8 Å². The van der Waals surface area contributed by atoms with Crippen LogP contribution in [0, 0.1) is 11.7 Å². The largest absolute Gasteiger partial charge is 0.330 e. The van der Waals surface area contributed by atoms with Gasteiger partial charge >= 0.3 is 0 Å². The molecule has 1 aromatic rings. The third kappa shape index (κ3) is 2.42. The quantitative estimate of drug-likeness (QED) is 0.819. The molecule has 88 valence electrons. The third-order valence-electron chi connectivity index (χ3n) is 3.46. The van der Waals surface area contributed by atoms with Crippen LogP contribution in [-0.2, 0) is 0 Å². The van der Waals surface area contributed by atoms with Crippen molar-refractivity contribution in [3.05, 3.63) is 35.6 Å². The monoisotopic (exact) mass is 222 g/mol. The molecule has 0 aromatic heterocycles. The summed E-state index contributed by atoms with van der Waals surface area (Å²) in [5.41, 5.74) is 6.59. The van der Waals surface area contributed by atoms with Crippen molar-refractivity contribution < 1.29 is 4.39 Å². The van der Waals surface area contributed by atoms with E-state index in [0.29, 0.717) is 12.5 Å². The van der Waals surface area contributed by atoms with Crippen molar-refractivity contribution in [1.82, 2.24) is 5.32 Å². The highest BCUT2D eigenvalue weighted by atomic mass is 19.1. The molecule has 2 unspecified atom stereocenters. The van der Waals surface area contributed by atoms with Crippen LogP contribution in [0.5, 0.6) is 0 Å². The fourth-order valence-corrected chi connectivity index (χ4v) is 2.57. The Morgan fingerprint density at radius 3 is 2.88 bits per heavy atom. The molecular weight excluding hydrogens is 203 g/mol. The molecule has 1 aliphatic rings. The van der Waals surface area contributed by atoms with Gasteiger partial charge in [0, 0.05) is 5.92 Å². The molecule has 3 N–H and O–H groups in total. The minimum Gasteiger partial charge on any atom is -0.330 e. The van der Waals surface area contributed by atoms with Crippen LogP contribution in [0.25, 0.3) is 0 Å². The Labute approximate surface area is 96.0 Å². The number of benzene rings is 1. The summed E-state index contributed by atoms with van der Waals surface area (Å²) in [7, 11) is 0. The Kier molecular flexibility index (Phi) is 3.91. The van der Waals surface area contributed by atoms with Gasteiger partial charge in [-0.3, -0.25) is 0 Å². The number of nitrogens with one attached hydrogen (secondary N) is 1. The summed E-state index contributed by atoms with van der Waals surface area (Å²) in [6.45, 7) is 2.55. The molecule has 0 radical (unpaired) electrons. The maximum absolute atomic E-state index is 13.7. The lowest BCUT2D eigenvalue weighted by atomic mass is 9.81.